The Bertz CT molecular complexity index is 845. The van der Waals surface area contributed by atoms with Crippen LogP contribution in [0, 0.1) is 5.41 Å². The van der Waals surface area contributed by atoms with E-state index in [1.54, 1.807) is 6.20 Å². The fraction of sp³-hybridized carbons (Fsp3) is 0.412. The molecule has 0 atom stereocenters. The molecule has 4 rings (SSSR count). The van der Waals surface area contributed by atoms with Crippen LogP contribution < -0.4 is 4.90 Å². The molecular weight excluding hydrogens is 342 g/mol. The molecule has 0 amide bonds. The fourth-order valence-corrected chi connectivity index (χ4v) is 3.08. The monoisotopic (exact) mass is 360 g/mol. The first-order valence-electron chi connectivity index (χ1n) is 8.35. The SMILES string of the molecule is N=C(/C=C\c1ncc(-c2cc(N3CCOCC34CC4)ncn2)[nH]1)C(F)F. The molecule has 2 N–H and O–H groups in total. The van der Waals surface area contributed by atoms with Gasteiger partial charge in [-0.2, -0.15) is 0 Å². The van der Waals surface area contributed by atoms with Gasteiger partial charge in [-0.05, 0) is 25.0 Å². The van der Waals surface area contributed by atoms with Crippen LogP contribution in [0.15, 0.2) is 24.7 Å². The number of hydrogen-bond acceptors (Lipinski definition) is 6. The van der Waals surface area contributed by atoms with Crippen molar-refractivity contribution in [2.24, 2.45) is 0 Å². The molecule has 7 nitrogen and oxygen atoms in total. The van der Waals surface area contributed by atoms with E-state index in [1.165, 1.54) is 12.4 Å². The predicted octanol–water partition coefficient (Wildman–Crippen LogP) is 2.53. The number of aromatic amines is 1. The highest BCUT2D eigenvalue weighted by molar-refractivity contribution is 5.97. The Hall–Kier alpha value is -2.68. The molecule has 2 aromatic heterocycles. The van der Waals surface area contributed by atoms with Crippen LogP contribution in [0.2, 0.25) is 0 Å². The van der Waals surface area contributed by atoms with E-state index in [-0.39, 0.29) is 5.54 Å². The Morgan fingerprint density at radius 1 is 1.35 bits per heavy atom. The highest BCUT2D eigenvalue weighted by Crippen LogP contribution is 2.45. The molecule has 1 aliphatic carbocycles. The van der Waals surface area contributed by atoms with Gasteiger partial charge < -0.3 is 14.6 Å². The van der Waals surface area contributed by atoms with E-state index in [4.69, 9.17) is 10.1 Å². The number of halogens is 2. The van der Waals surface area contributed by atoms with Crippen molar-refractivity contribution in [3.8, 4) is 11.4 Å². The summed E-state index contributed by atoms with van der Waals surface area (Å²) in [7, 11) is 0. The Balaban J connectivity index is 1.55. The minimum absolute atomic E-state index is 0.0708. The number of nitrogens with one attached hydrogen (secondary N) is 2. The molecule has 136 valence electrons. The summed E-state index contributed by atoms with van der Waals surface area (Å²) < 4.78 is 30.3. The van der Waals surface area contributed by atoms with Crippen LogP contribution >= 0.6 is 0 Å². The Kier molecular flexibility index (Phi) is 4.23. The standard InChI is InChI=1S/C17H18F2N6O/c18-16(19)11(20)1-2-14-21-8-13(24-14)12-7-15(23-10-22-12)25-5-6-26-9-17(25)3-4-17/h1-2,7-8,10,16,20H,3-6,9H2,(H,21,24)/b2-1-,20-11?. The molecule has 0 radical (unpaired) electrons. The van der Waals surface area contributed by atoms with E-state index in [0.717, 1.165) is 37.9 Å². The second kappa shape index (κ2) is 6.56. The first-order valence-corrected chi connectivity index (χ1v) is 8.35. The number of anilines is 1. The van der Waals surface area contributed by atoms with E-state index < -0.39 is 12.1 Å². The summed E-state index contributed by atoms with van der Waals surface area (Å²) in [4.78, 5) is 18.1. The van der Waals surface area contributed by atoms with Crippen LogP contribution in [0.25, 0.3) is 17.5 Å². The third-order valence-electron chi connectivity index (χ3n) is 4.69. The summed E-state index contributed by atoms with van der Waals surface area (Å²) >= 11 is 0. The van der Waals surface area contributed by atoms with Crippen molar-refractivity contribution in [1.82, 2.24) is 19.9 Å². The van der Waals surface area contributed by atoms with E-state index >= 15 is 0 Å². The summed E-state index contributed by atoms with van der Waals surface area (Å²) in [5.41, 5.74) is 0.652. The lowest BCUT2D eigenvalue weighted by Crippen LogP contribution is -2.48. The maximum absolute atomic E-state index is 12.4. The van der Waals surface area contributed by atoms with Gasteiger partial charge in [-0.1, -0.05) is 0 Å². The molecule has 2 fully saturated rings. The predicted molar refractivity (Wildman–Crippen MR) is 92.5 cm³/mol. The summed E-state index contributed by atoms with van der Waals surface area (Å²) in [6, 6.07) is 1.90. The van der Waals surface area contributed by atoms with Gasteiger partial charge in [0.25, 0.3) is 6.43 Å². The van der Waals surface area contributed by atoms with Gasteiger partial charge in [0.15, 0.2) is 0 Å². The molecule has 0 aromatic carbocycles. The summed E-state index contributed by atoms with van der Waals surface area (Å²) in [6.07, 6.45) is 4.88. The zero-order chi connectivity index (χ0) is 18.1. The van der Waals surface area contributed by atoms with E-state index in [0.29, 0.717) is 23.8 Å². The molecule has 26 heavy (non-hydrogen) atoms. The summed E-state index contributed by atoms with van der Waals surface area (Å²) in [6.45, 7) is 2.20. The maximum Gasteiger partial charge on any atom is 0.279 e. The van der Waals surface area contributed by atoms with Crippen molar-refractivity contribution in [3.63, 3.8) is 0 Å². The molecule has 9 heteroatoms. The summed E-state index contributed by atoms with van der Waals surface area (Å²) in [5, 5.41) is 7.13. The molecule has 1 spiro atoms. The largest absolute Gasteiger partial charge is 0.377 e. The number of H-pyrrole nitrogens is 1. The smallest absolute Gasteiger partial charge is 0.279 e. The first-order chi connectivity index (χ1) is 12.6. The lowest BCUT2D eigenvalue weighted by atomic mass is 10.2. The third-order valence-corrected chi connectivity index (χ3v) is 4.69. The zero-order valence-electron chi connectivity index (χ0n) is 14.0. The van der Waals surface area contributed by atoms with Crippen LogP contribution in [0.5, 0.6) is 0 Å². The number of ether oxygens (including phenoxy) is 1. The number of hydrogen-bond donors (Lipinski definition) is 2. The zero-order valence-corrected chi connectivity index (χ0v) is 14.0. The molecule has 1 saturated carbocycles. The number of nitrogens with zero attached hydrogens (tertiary/aromatic N) is 4. The van der Waals surface area contributed by atoms with Crippen molar-refractivity contribution in [2.75, 3.05) is 24.7 Å². The van der Waals surface area contributed by atoms with Crippen LogP contribution in [-0.4, -0.2) is 57.4 Å². The van der Waals surface area contributed by atoms with Crippen LogP contribution in [0.1, 0.15) is 18.7 Å². The van der Waals surface area contributed by atoms with Crippen molar-refractivity contribution in [2.45, 2.75) is 24.8 Å². The first kappa shape index (κ1) is 16.8. The molecule has 2 aliphatic rings. The average Bonchev–Trinajstić information content (AvgIpc) is 3.24. The van der Waals surface area contributed by atoms with Gasteiger partial charge in [-0.3, -0.25) is 5.41 Å². The fourth-order valence-electron chi connectivity index (χ4n) is 3.08. The Morgan fingerprint density at radius 2 is 2.19 bits per heavy atom. The van der Waals surface area contributed by atoms with E-state index in [2.05, 4.69) is 24.8 Å². The van der Waals surface area contributed by atoms with Gasteiger partial charge in [0.05, 0.1) is 42.0 Å². The third kappa shape index (κ3) is 3.22. The molecule has 1 saturated heterocycles. The van der Waals surface area contributed by atoms with Gasteiger partial charge in [0.1, 0.15) is 18.0 Å². The Morgan fingerprint density at radius 3 is 2.96 bits per heavy atom. The van der Waals surface area contributed by atoms with Crippen LogP contribution in [-0.2, 0) is 4.74 Å². The van der Waals surface area contributed by atoms with E-state index in [1.807, 2.05) is 6.07 Å². The van der Waals surface area contributed by atoms with Crippen LogP contribution in [0.4, 0.5) is 14.6 Å². The van der Waals surface area contributed by atoms with Crippen molar-refractivity contribution in [1.29, 1.82) is 5.41 Å². The lowest BCUT2D eigenvalue weighted by molar-refractivity contribution is 0.0860. The number of morpholine rings is 1. The number of alkyl halides is 2. The molecular formula is C17H18F2N6O. The second-order valence-corrected chi connectivity index (χ2v) is 6.46. The topological polar surface area (TPSA) is 90.8 Å². The highest BCUT2D eigenvalue weighted by Gasteiger charge is 2.50. The Labute approximate surface area is 148 Å². The maximum atomic E-state index is 12.4. The second-order valence-electron chi connectivity index (χ2n) is 6.46. The van der Waals surface area contributed by atoms with Gasteiger partial charge in [-0.15, -0.1) is 0 Å². The molecule has 0 bridgehead atoms. The van der Waals surface area contributed by atoms with Crippen molar-refractivity contribution < 1.29 is 13.5 Å². The number of rotatable bonds is 5. The molecule has 0 unspecified atom stereocenters. The summed E-state index contributed by atoms with van der Waals surface area (Å²) in [5.74, 6) is 1.23. The van der Waals surface area contributed by atoms with Crippen molar-refractivity contribution >= 4 is 17.6 Å². The number of aromatic nitrogens is 4. The average molecular weight is 360 g/mol. The van der Waals surface area contributed by atoms with Gasteiger partial charge in [-0.25, -0.2) is 23.7 Å². The minimum atomic E-state index is -2.80. The van der Waals surface area contributed by atoms with E-state index in [9.17, 15) is 8.78 Å². The van der Waals surface area contributed by atoms with Crippen LogP contribution in [0.3, 0.4) is 0 Å². The lowest BCUT2D eigenvalue weighted by Gasteiger charge is -2.37. The number of imidazole rings is 1. The van der Waals surface area contributed by atoms with Gasteiger partial charge in [0.2, 0.25) is 0 Å². The van der Waals surface area contributed by atoms with Crippen molar-refractivity contribution in [3.05, 3.63) is 30.5 Å². The normalized spacial score (nSPS) is 18.8. The number of allylic oxidation sites excluding steroid dienone is 1. The molecule has 1 aliphatic heterocycles. The van der Waals surface area contributed by atoms with Gasteiger partial charge in [0, 0.05) is 12.6 Å². The molecule has 2 aromatic rings. The minimum Gasteiger partial charge on any atom is -0.377 e. The van der Waals surface area contributed by atoms with Gasteiger partial charge >= 0.3 is 0 Å². The molecule has 3 heterocycles. The quantitative estimate of drug-likeness (QED) is 0.800. The highest BCUT2D eigenvalue weighted by atomic mass is 19.3.